The molecule has 0 spiro atoms. The smallest absolute Gasteiger partial charge is 0.335 e. The average molecular weight is 305 g/mol. The minimum atomic E-state index is -3.50. The van der Waals surface area contributed by atoms with E-state index in [1.54, 1.807) is 30.3 Å². The van der Waals surface area contributed by atoms with Gasteiger partial charge in [-0.25, -0.2) is 17.9 Å². The third-order valence-corrected chi connectivity index (χ3v) is 4.44. The zero-order valence-corrected chi connectivity index (χ0v) is 12.0. The van der Waals surface area contributed by atoms with Gasteiger partial charge < -0.3 is 5.11 Å². The molecular formula is C15H15NO4S. The van der Waals surface area contributed by atoms with Crippen molar-refractivity contribution in [2.24, 2.45) is 0 Å². The van der Waals surface area contributed by atoms with Crippen LogP contribution < -0.4 is 4.72 Å². The number of nitrogens with one attached hydrogen (secondary N) is 1. The van der Waals surface area contributed by atoms with Gasteiger partial charge in [-0.05, 0) is 36.2 Å². The van der Waals surface area contributed by atoms with Crippen molar-refractivity contribution < 1.29 is 18.3 Å². The van der Waals surface area contributed by atoms with E-state index < -0.39 is 16.0 Å². The Kier molecular flexibility index (Phi) is 4.72. The lowest BCUT2D eigenvalue weighted by molar-refractivity contribution is 0.0697. The highest BCUT2D eigenvalue weighted by Gasteiger charge is 2.12. The molecular weight excluding hydrogens is 290 g/mol. The number of hydrogen-bond donors (Lipinski definition) is 2. The molecule has 0 saturated heterocycles. The van der Waals surface area contributed by atoms with Crippen LogP contribution in [0.4, 0.5) is 0 Å². The van der Waals surface area contributed by atoms with Gasteiger partial charge in [0.05, 0.1) is 10.5 Å². The lowest BCUT2D eigenvalue weighted by Gasteiger charge is -2.07. The molecule has 0 saturated carbocycles. The minimum absolute atomic E-state index is 0.212. The summed E-state index contributed by atoms with van der Waals surface area (Å²) in [6, 6.07) is 14.5. The minimum Gasteiger partial charge on any atom is -0.478 e. The molecule has 2 aromatic rings. The van der Waals surface area contributed by atoms with Gasteiger partial charge in [0.1, 0.15) is 0 Å². The first-order chi connectivity index (χ1) is 9.99. The fourth-order valence-electron chi connectivity index (χ4n) is 1.83. The monoisotopic (exact) mass is 305 g/mol. The van der Waals surface area contributed by atoms with Gasteiger partial charge in [0.2, 0.25) is 10.0 Å². The van der Waals surface area contributed by atoms with E-state index in [2.05, 4.69) is 4.72 Å². The quantitative estimate of drug-likeness (QED) is 0.854. The lowest BCUT2D eigenvalue weighted by Crippen LogP contribution is -2.25. The predicted molar refractivity (Wildman–Crippen MR) is 78.7 cm³/mol. The third-order valence-electron chi connectivity index (χ3n) is 2.96. The second-order valence-corrected chi connectivity index (χ2v) is 6.23. The topological polar surface area (TPSA) is 83.5 Å². The Hall–Kier alpha value is -2.18. The Morgan fingerprint density at radius 1 is 1.00 bits per heavy atom. The zero-order valence-electron chi connectivity index (χ0n) is 11.2. The lowest BCUT2D eigenvalue weighted by atomic mass is 10.1. The van der Waals surface area contributed by atoms with Crippen LogP contribution in [0.25, 0.3) is 0 Å². The van der Waals surface area contributed by atoms with Gasteiger partial charge in [0, 0.05) is 6.54 Å². The molecule has 0 aromatic heterocycles. The number of benzene rings is 2. The van der Waals surface area contributed by atoms with E-state index in [0.717, 1.165) is 5.56 Å². The van der Waals surface area contributed by atoms with E-state index in [1.807, 2.05) is 0 Å². The van der Waals surface area contributed by atoms with Crippen LogP contribution in [0.5, 0.6) is 0 Å². The molecule has 0 radical (unpaired) electrons. The van der Waals surface area contributed by atoms with E-state index in [0.29, 0.717) is 6.42 Å². The summed E-state index contributed by atoms with van der Waals surface area (Å²) in [4.78, 5) is 11.0. The van der Waals surface area contributed by atoms with Crippen LogP contribution in [0.2, 0.25) is 0 Å². The highest BCUT2D eigenvalue weighted by atomic mass is 32.2. The Bertz CT molecular complexity index is 709. The number of carbonyl (C=O) groups is 1. The van der Waals surface area contributed by atoms with E-state index in [4.69, 9.17) is 5.11 Å². The van der Waals surface area contributed by atoms with Gasteiger partial charge >= 0.3 is 5.97 Å². The van der Waals surface area contributed by atoms with Crippen LogP contribution in [0.1, 0.15) is 15.9 Å². The van der Waals surface area contributed by atoms with E-state index in [9.17, 15) is 13.2 Å². The van der Waals surface area contributed by atoms with Crippen molar-refractivity contribution in [3.8, 4) is 0 Å². The van der Waals surface area contributed by atoms with Crippen LogP contribution in [-0.2, 0) is 16.4 Å². The maximum atomic E-state index is 12.0. The van der Waals surface area contributed by atoms with Gasteiger partial charge in [-0.3, -0.25) is 0 Å². The van der Waals surface area contributed by atoms with Gasteiger partial charge in [-0.15, -0.1) is 0 Å². The van der Waals surface area contributed by atoms with Gasteiger partial charge in [-0.1, -0.05) is 30.3 Å². The Labute approximate surface area is 123 Å². The molecule has 0 atom stereocenters. The molecule has 0 aliphatic rings. The molecule has 2 aromatic carbocycles. The predicted octanol–water partition coefficient (Wildman–Crippen LogP) is 1.91. The Morgan fingerprint density at radius 3 is 2.19 bits per heavy atom. The Balaban J connectivity index is 1.94. The van der Waals surface area contributed by atoms with Crippen molar-refractivity contribution in [3.05, 3.63) is 65.7 Å². The van der Waals surface area contributed by atoms with Crippen molar-refractivity contribution in [3.63, 3.8) is 0 Å². The van der Waals surface area contributed by atoms with Crippen molar-refractivity contribution >= 4 is 16.0 Å². The molecule has 21 heavy (non-hydrogen) atoms. The first kappa shape index (κ1) is 15.2. The second kappa shape index (κ2) is 6.51. The molecule has 6 heteroatoms. The first-order valence-corrected chi connectivity index (χ1v) is 7.84. The fourth-order valence-corrected chi connectivity index (χ4v) is 2.88. The van der Waals surface area contributed by atoms with Crippen LogP contribution in [0.3, 0.4) is 0 Å². The van der Waals surface area contributed by atoms with Crippen molar-refractivity contribution in [1.82, 2.24) is 4.72 Å². The molecule has 0 heterocycles. The van der Waals surface area contributed by atoms with Gasteiger partial charge in [-0.2, -0.15) is 0 Å². The molecule has 0 aliphatic heterocycles. The summed E-state index contributed by atoms with van der Waals surface area (Å²) in [5.41, 5.74) is 1.08. The summed E-state index contributed by atoms with van der Waals surface area (Å²) in [6.45, 7) is 0.254. The van der Waals surface area contributed by atoms with Crippen molar-refractivity contribution in [2.45, 2.75) is 11.3 Å². The first-order valence-electron chi connectivity index (χ1n) is 6.36. The summed E-state index contributed by atoms with van der Waals surface area (Å²) in [6.07, 6.45) is 0.492. The second-order valence-electron chi connectivity index (χ2n) is 4.46. The summed E-state index contributed by atoms with van der Waals surface area (Å²) < 4.78 is 26.5. The van der Waals surface area contributed by atoms with E-state index >= 15 is 0 Å². The standard InChI is InChI=1S/C15H15NO4S/c17-15(18)13-8-6-12(7-9-13)10-11-16-21(19,20)14-4-2-1-3-5-14/h1-9,16H,10-11H2,(H,17,18). The average Bonchev–Trinajstić information content (AvgIpc) is 2.48. The normalized spacial score (nSPS) is 11.2. The molecule has 0 unspecified atom stereocenters. The van der Waals surface area contributed by atoms with Crippen LogP contribution in [-0.4, -0.2) is 26.0 Å². The number of carboxylic acid groups (broad SMARTS) is 1. The maximum Gasteiger partial charge on any atom is 0.335 e. The number of carboxylic acids is 1. The van der Waals surface area contributed by atoms with Crippen molar-refractivity contribution in [2.75, 3.05) is 6.54 Å². The molecule has 0 amide bonds. The van der Waals surface area contributed by atoms with Crippen LogP contribution in [0.15, 0.2) is 59.5 Å². The molecule has 0 aliphatic carbocycles. The number of hydrogen-bond acceptors (Lipinski definition) is 3. The summed E-state index contributed by atoms with van der Waals surface area (Å²) >= 11 is 0. The van der Waals surface area contributed by atoms with E-state index in [1.165, 1.54) is 24.3 Å². The maximum absolute atomic E-state index is 12.0. The number of aromatic carboxylic acids is 1. The summed E-state index contributed by atoms with van der Waals surface area (Å²) in [5, 5.41) is 8.79. The number of rotatable bonds is 6. The molecule has 5 nitrogen and oxygen atoms in total. The molecule has 110 valence electrons. The zero-order chi connectivity index (χ0) is 15.3. The summed E-state index contributed by atoms with van der Waals surface area (Å²) in [5.74, 6) is -0.980. The highest BCUT2D eigenvalue weighted by molar-refractivity contribution is 7.89. The van der Waals surface area contributed by atoms with Crippen molar-refractivity contribution in [1.29, 1.82) is 0 Å². The fraction of sp³-hybridized carbons (Fsp3) is 0.133. The largest absolute Gasteiger partial charge is 0.478 e. The molecule has 0 bridgehead atoms. The number of sulfonamides is 1. The Morgan fingerprint density at radius 2 is 1.62 bits per heavy atom. The van der Waals surface area contributed by atoms with Crippen LogP contribution >= 0.6 is 0 Å². The van der Waals surface area contributed by atoms with E-state index in [-0.39, 0.29) is 17.0 Å². The molecule has 2 N–H and O–H groups in total. The molecule has 2 rings (SSSR count). The summed E-state index contributed by atoms with van der Waals surface area (Å²) in [7, 11) is -3.50. The SMILES string of the molecule is O=C(O)c1ccc(CCNS(=O)(=O)c2ccccc2)cc1. The highest BCUT2D eigenvalue weighted by Crippen LogP contribution is 2.08. The van der Waals surface area contributed by atoms with Crippen LogP contribution in [0, 0.1) is 0 Å². The molecule has 0 fully saturated rings. The van der Waals surface area contributed by atoms with Gasteiger partial charge in [0.15, 0.2) is 0 Å². The van der Waals surface area contributed by atoms with Gasteiger partial charge in [0.25, 0.3) is 0 Å². The third kappa shape index (κ3) is 4.14.